The lowest BCUT2D eigenvalue weighted by Crippen LogP contribution is -2.19. The van der Waals surface area contributed by atoms with Crippen molar-refractivity contribution in [1.82, 2.24) is 14.5 Å². The number of aromatic nitrogens is 3. The molecule has 5 nitrogen and oxygen atoms in total. The van der Waals surface area contributed by atoms with Crippen LogP contribution in [0.1, 0.15) is 11.4 Å². The lowest BCUT2D eigenvalue weighted by atomic mass is 10.1. The van der Waals surface area contributed by atoms with Crippen molar-refractivity contribution in [3.63, 3.8) is 0 Å². The number of pyridine rings is 1. The summed E-state index contributed by atoms with van der Waals surface area (Å²) in [6.07, 6.45) is -3.02. The molecule has 0 fully saturated rings. The lowest BCUT2D eigenvalue weighted by molar-refractivity contribution is -0.154. The predicted molar refractivity (Wildman–Crippen MR) is 111 cm³/mol. The van der Waals surface area contributed by atoms with Crippen molar-refractivity contribution >= 4 is 11.0 Å². The third kappa shape index (κ3) is 5.39. The molecule has 2 aromatic heterocycles. The molecule has 172 valence electrons. The van der Waals surface area contributed by atoms with E-state index in [9.17, 15) is 22.0 Å². The molecule has 0 saturated carbocycles. The number of aryl methyl sites for hydroxylation is 1. The minimum atomic E-state index is -4.44. The number of para-hydroxylation sites is 1. The van der Waals surface area contributed by atoms with E-state index in [2.05, 4.69) is 19.4 Å². The molecule has 2 aromatic carbocycles. The van der Waals surface area contributed by atoms with E-state index in [1.54, 1.807) is 24.3 Å². The zero-order chi connectivity index (χ0) is 23.6. The first kappa shape index (κ1) is 22.5. The maximum atomic E-state index is 12.8. The highest BCUT2D eigenvalue weighted by Crippen LogP contribution is 2.28. The van der Waals surface area contributed by atoms with E-state index >= 15 is 0 Å². The number of hydrogen-bond acceptors (Lipinski definition) is 4. The summed E-state index contributed by atoms with van der Waals surface area (Å²) in [4.78, 5) is 8.47. The molecule has 0 unspecified atom stereocenters. The first-order chi connectivity index (χ1) is 15.7. The van der Waals surface area contributed by atoms with Gasteiger partial charge in [0.05, 0.1) is 17.6 Å². The molecule has 0 N–H and O–H groups in total. The largest absolute Gasteiger partial charge is 0.468 e. The second kappa shape index (κ2) is 9.05. The van der Waals surface area contributed by atoms with E-state index in [0.717, 1.165) is 11.1 Å². The van der Waals surface area contributed by atoms with Crippen molar-refractivity contribution in [3.05, 3.63) is 72.2 Å². The molecule has 0 radical (unpaired) electrons. The van der Waals surface area contributed by atoms with Gasteiger partial charge in [0, 0.05) is 23.4 Å². The van der Waals surface area contributed by atoms with E-state index in [-0.39, 0.29) is 18.2 Å². The van der Waals surface area contributed by atoms with Crippen molar-refractivity contribution < 1.29 is 31.4 Å². The average Bonchev–Trinajstić information content (AvgIpc) is 3.07. The smallest absolute Gasteiger partial charge is 0.422 e. The molecule has 4 aromatic rings. The number of hydrogen-bond donors (Lipinski definition) is 0. The van der Waals surface area contributed by atoms with Gasteiger partial charge in [-0.2, -0.15) is 22.0 Å². The fraction of sp³-hybridized carbons (Fsp3) is 0.217. The Hall–Kier alpha value is -3.69. The van der Waals surface area contributed by atoms with Gasteiger partial charge < -0.3 is 14.0 Å². The van der Waals surface area contributed by atoms with Crippen molar-refractivity contribution in [3.8, 4) is 22.8 Å². The first-order valence-corrected chi connectivity index (χ1v) is 9.85. The molecule has 10 heteroatoms. The molecule has 0 aliphatic heterocycles. The standard InChI is InChI=1S/C23H18F5N3O2/c1-14-30-18-8-6-15(16-7-9-21(29-11-16)32-13-23(26,27)28)10-19(18)31(14)12-17-4-2-3-5-20(17)33-22(24)25/h2-11,22H,12-13H2,1H3. The highest BCUT2D eigenvalue weighted by Gasteiger charge is 2.28. The minimum Gasteiger partial charge on any atom is -0.468 e. The molecule has 4 rings (SSSR count). The second-order valence-electron chi connectivity index (χ2n) is 7.22. The summed E-state index contributed by atoms with van der Waals surface area (Å²) in [6, 6.07) is 15.0. The number of halogens is 5. The van der Waals surface area contributed by atoms with Crippen LogP contribution in [0.3, 0.4) is 0 Å². The van der Waals surface area contributed by atoms with Gasteiger partial charge in [0.25, 0.3) is 0 Å². The van der Waals surface area contributed by atoms with Crippen LogP contribution >= 0.6 is 0 Å². The molecule has 0 atom stereocenters. The van der Waals surface area contributed by atoms with Crippen LogP contribution in [0.4, 0.5) is 22.0 Å². The number of imidazole rings is 1. The molecule has 0 spiro atoms. The Morgan fingerprint density at radius 1 is 1.00 bits per heavy atom. The third-order valence-corrected chi connectivity index (χ3v) is 4.91. The summed E-state index contributed by atoms with van der Waals surface area (Å²) in [6.45, 7) is -2.28. The van der Waals surface area contributed by atoms with Gasteiger partial charge in [-0.3, -0.25) is 0 Å². The topological polar surface area (TPSA) is 49.2 Å². The summed E-state index contributed by atoms with van der Waals surface area (Å²) in [7, 11) is 0. The number of benzene rings is 2. The summed E-state index contributed by atoms with van der Waals surface area (Å²) in [5, 5.41) is 0. The molecule has 0 amide bonds. The predicted octanol–water partition coefficient (Wildman–Crippen LogP) is 6.00. The van der Waals surface area contributed by atoms with Crippen molar-refractivity contribution in [2.75, 3.05) is 6.61 Å². The quantitative estimate of drug-likeness (QED) is 0.316. The van der Waals surface area contributed by atoms with E-state index < -0.39 is 19.4 Å². The fourth-order valence-corrected chi connectivity index (χ4v) is 3.43. The number of fused-ring (bicyclic) bond motifs is 1. The van der Waals surface area contributed by atoms with Gasteiger partial charge in [0.1, 0.15) is 11.6 Å². The van der Waals surface area contributed by atoms with E-state index in [1.165, 1.54) is 18.3 Å². The second-order valence-corrected chi connectivity index (χ2v) is 7.22. The van der Waals surface area contributed by atoms with Crippen LogP contribution < -0.4 is 9.47 Å². The van der Waals surface area contributed by atoms with Gasteiger partial charge in [0.2, 0.25) is 5.88 Å². The molecular formula is C23H18F5N3O2. The van der Waals surface area contributed by atoms with Crippen LogP contribution in [0.25, 0.3) is 22.2 Å². The van der Waals surface area contributed by atoms with Gasteiger partial charge in [-0.15, -0.1) is 0 Å². The van der Waals surface area contributed by atoms with Crippen LogP contribution in [-0.2, 0) is 6.54 Å². The van der Waals surface area contributed by atoms with Gasteiger partial charge >= 0.3 is 12.8 Å². The normalized spacial score (nSPS) is 11.8. The van der Waals surface area contributed by atoms with Gasteiger partial charge in [-0.1, -0.05) is 24.3 Å². The van der Waals surface area contributed by atoms with Gasteiger partial charge in [-0.05, 0) is 36.8 Å². The summed E-state index contributed by atoms with van der Waals surface area (Å²) in [5.41, 5.74) is 3.47. The summed E-state index contributed by atoms with van der Waals surface area (Å²) >= 11 is 0. The molecule has 33 heavy (non-hydrogen) atoms. The number of rotatable bonds is 7. The highest BCUT2D eigenvalue weighted by molar-refractivity contribution is 5.82. The highest BCUT2D eigenvalue weighted by atomic mass is 19.4. The molecular weight excluding hydrogens is 445 g/mol. The minimum absolute atomic E-state index is 0.0866. The van der Waals surface area contributed by atoms with Gasteiger partial charge in [-0.25, -0.2) is 9.97 Å². The Morgan fingerprint density at radius 3 is 2.45 bits per heavy atom. The maximum absolute atomic E-state index is 12.8. The van der Waals surface area contributed by atoms with Crippen LogP contribution in [0, 0.1) is 6.92 Å². The van der Waals surface area contributed by atoms with Crippen molar-refractivity contribution in [2.45, 2.75) is 26.3 Å². The molecule has 0 aliphatic rings. The first-order valence-electron chi connectivity index (χ1n) is 9.85. The van der Waals surface area contributed by atoms with Crippen molar-refractivity contribution in [1.29, 1.82) is 0 Å². The Morgan fingerprint density at radius 2 is 1.76 bits per heavy atom. The van der Waals surface area contributed by atoms with E-state index in [4.69, 9.17) is 0 Å². The van der Waals surface area contributed by atoms with Crippen LogP contribution in [0.2, 0.25) is 0 Å². The Balaban J connectivity index is 1.63. The zero-order valence-corrected chi connectivity index (χ0v) is 17.3. The molecule has 0 saturated heterocycles. The lowest BCUT2D eigenvalue weighted by Gasteiger charge is -2.13. The van der Waals surface area contributed by atoms with Crippen LogP contribution in [-0.4, -0.2) is 33.9 Å². The fourth-order valence-electron chi connectivity index (χ4n) is 3.43. The maximum Gasteiger partial charge on any atom is 0.422 e. The molecule has 0 bridgehead atoms. The van der Waals surface area contributed by atoms with Crippen LogP contribution in [0.15, 0.2) is 60.8 Å². The zero-order valence-electron chi connectivity index (χ0n) is 17.3. The third-order valence-electron chi connectivity index (χ3n) is 4.91. The number of nitrogens with zero attached hydrogens (tertiary/aromatic N) is 3. The number of alkyl halides is 5. The molecule has 0 aliphatic carbocycles. The monoisotopic (exact) mass is 463 g/mol. The number of ether oxygens (including phenoxy) is 2. The summed E-state index contributed by atoms with van der Waals surface area (Å²) < 4.78 is 73.6. The van der Waals surface area contributed by atoms with E-state index in [1.807, 2.05) is 29.7 Å². The Kier molecular flexibility index (Phi) is 6.17. The van der Waals surface area contributed by atoms with Crippen LogP contribution in [0.5, 0.6) is 11.6 Å². The average molecular weight is 463 g/mol. The van der Waals surface area contributed by atoms with Crippen molar-refractivity contribution in [2.24, 2.45) is 0 Å². The molecule has 2 heterocycles. The van der Waals surface area contributed by atoms with Gasteiger partial charge in [0.15, 0.2) is 6.61 Å². The Labute approximate surface area is 185 Å². The summed E-state index contributed by atoms with van der Waals surface area (Å²) in [5.74, 6) is 0.639. The SMILES string of the molecule is Cc1nc2ccc(-c3ccc(OCC(F)(F)F)nc3)cc2n1Cc1ccccc1OC(F)F. The van der Waals surface area contributed by atoms with E-state index in [0.29, 0.717) is 22.5 Å². The Bertz CT molecular complexity index is 1250.